The third-order valence-electron chi connectivity index (χ3n) is 4.58. The molecule has 2 aromatic rings. The standard InChI is InChI=1S/C20H20O6/c21-16-15-12-24-20(25-15)18(23-11-13-7-3-1-4-8-13)17(16)26-19(22)14-9-5-2-6-10-14/h1-10,15-18,20-21H,11-12H2/t15-,16+,17+,18-,20-/m1/s1. The van der Waals surface area contributed by atoms with E-state index in [1.165, 1.54) is 0 Å². The molecular formula is C20H20O6. The third-order valence-corrected chi connectivity index (χ3v) is 4.58. The van der Waals surface area contributed by atoms with Gasteiger partial charge in [-0.2, -0.15) is 0 Å². The summed E-state index contributed by atoms with van der Waals surface area (Å²) in [6.45, 7) is 0.544. The molecule has 0 aliphatic carbocycles. The van der Waals surface area contributed by atoms with E-state index in [-0.39, 0.29) is 6.61 Å². The van der Waals surface area contributed by atoms with Crippen molar-refractivity contribution in [2.45, 2.75) is 37.3 Å². The van der Waals surface area contributed by atoms with Crippen LogP contribution in [0, 0.1) is 0 Å². The molecule has 2 fully saturated rings. The second-order valence-corrected chi connectivity index (χ2v) is 6.36. The van der Waals surface area contributed by atoms with Crippen LogP contribution in [0.2, 0.25) is 0 Å². The Balaban J connectivity index is 1.50. The van der Waals surface area contributed by atoms with Crippen molar-refractivity contribution in [2.75, 3.05) is 6.61 Å². The second-order valence-electron chi connectivity index (χ2n) is 6.36. The Morgan fingerprint density at radius 2 is 1.73 bits per heavy atom. The molecule has 2 aliphatic heterocycles. The fourth-order valence-electron chi connectivity index (χ4n) is 3.20. The first kappa shape index (κ1) is 17.2. The lowest BCUT2D eigenvalue weighted by molar-refractivity contribution is -0.245. The largest absolute Gasteiger partial charge is 0.453 e. The zero-order chi connectivity index (χ0) is 17.9. The van der Waals surface area contributed by atoms with Crippen molar-refractivity contribution in [1.82, 2.24) is 0 Å². The van der Waals surface area contributed by atoms with Crippen LogP contribution < -0.4 is 0 Å². The summed E-state index contributed by atoms with van der Waals surface area (Å²) in [7, 11) is 0. The van der Waals surface area contributed by atoms with E-state index in [9.17, 15) is 9.90 Å². The normalized spacial score (nSPS) is 30.1. The van der Waals surface area contributed by atoms with E-state index in [2.05, 4.69) is 0 Å². The number of aliphatic hydroxyl groups is 1. The lowest BCUT2D eigenvalue weighted by Crippen LogP contribution is -2.56. The number of hydrogen-bond donors (Lipinski definition) is 1. The number of benzene rings is 2. The zero-order valence-corrected chi connectivity index (χ0v) is 14.1. The van der Waals surface area contributed by atoms with Crippen molar-refractivity contribution in [3.05, 3.63) is 71.8 Å². The Hall–Kier alpha value is -2.25. The van der Waals surface area contributed by atoms with Gasteiger partial charge in [0.25, 0.3) is 0 Å². The summed E-state index contributed by atoms with van der Waals surface area (Å²) in [6, 6.07) is 18.3. The summed E-state index contributed by atoms with van der Waals surface area (Å²) in [5, 5.41) is 10.6. The zero-order valence-electron chi connectivity index (χ0n) is 14.1. The van der Waals surface area contributed by atoms with Crippen LogP contribution in [0.5, 0.6) is 0 Å². The number of ether oxygens (including phenoxy) is 4. The predicted octanol–water partition coefficient (Wildman–Crippen LogP) is 1.91. The molecule has 2 aromatic carbocycles. The monoisotopic (exact) mass is 356 g/mol. The van der Waals surface area contributed by atoms with Crippen LogP contribution >= 0.6 is 0 Å². The van der Waals surface area contributed by atoms with Gasteiger partial charge in [-0.25, -0.2) is 4.79 Å². The molecule has 136 valence electrons. The molecule has 1 N–H and O–H groups in total. The lowest BCUT2D eigenvalue weighted by atomic mass is 10.0. The highest BCUT2D eigenvalue weighted by atomic mass is 16.8. The first-order valence-corrected chi connectivity index (χ1v) is 8.59. The average molecular weight is 356 g/mol. The summed E-state index contributed by atoms with van der Waals surface area (Å²) >= 11 is 0. The highest BCUT2D eigenvalue weighted by molar-refractivity contribution is 5.89. The van der Waals surface area contributed by atoms with E-state index in [1.54, 1.807) is 24.3 Å². The summed E-state index contributed by atoms with van der Waals surface area (Å²) in [5.74, 6) is -0.510. The quantitative estimate of drug-likeness (QED) is 0.825. The van der Waals surface area contributed by atoms with Gasteiger partial charge < -0.3 is 24.1 Å². The highest BCUT2D eigenvalue weighted by Crippen LogP contribution is 2.32. The molecular weight excluding hydrogens is 336 g/mol. The molecule has 0 aromatic heterocycles. The van der Waals surface area contributed by atoms with Gasteiger partial charge in [-0.15, -0.1) is 0 Å². The molecule has 0 radical (unpaired) electrons. The van der Waals surface area contributed by atoms with Crippen molar-refractivity contribution < 1.29 is 28.8 Å². The van der Waals surface area contributed by atoms with Crippen LogP contribution in [0.25, 0.3) is 0 Å². The van der Waals surface area contributed by atoms with Gasteiger partial charge in [0.05, 0.1) is 18.8 Å². The van der Waals surface area contributed by atoms with Crippen LogP contribution in [0.15, 0.2) is 60.7 Å². The molecule has 26 heavy (non-hydrogen) atoms. The molecule has 4 rings (SSSR count). The van der Waals surface area contributed by atoms with Crippen LogP contribution in [0.3, 0.4) is 0 Å². The van der Waals surface area contributed by atoms with Crippen LogP contribution in [0.1, 0.15) is 15.9 Å². The Bertz CT molecular complexity index is 734. The third kappa shape index (κ3) is 3.50. The molecule has 6 heteroatoms. The number of fused-ring (bicyclic) bond motifs is 2. The van der Waals surface area contributed by atoms with Crippen molar-refractivity contribution in [3.8, 4) is 0 Å². The molecule has 5 atom stereocenters. The van der Waals surface area contributed by atoms with Crippen molar-refractivity contribution in [1.29, 1.82) is 0 Å². The van der Waals surface area contributed by atoms with E-state index < -0.39 is 36.7 Å². The number of esters is 1. The van der Waals surface area contributed by atoms with Crippen molar-refractivity contribution >= 4 is 5.97 Å². The summed E-state index contributed by atoms with van der Waals surface area (Å²) < 4.78 is 22.7. The Morgan fingerprint density at radius 3 is 2.46 bits per heavy atom. The van der Waals surface area contributed by atoms with Gasteiger partial charge in [-0.05, 0) is 17.7 Å². The molecule has 2 aliphatic rings. The molecule has 2 heterocycles. The molecule has 6 nitrogen and oxygen atoms in total. The predicted molar refractivity (Wildman–Crippen MR) is 91.3 cm³/mol. The van der Waals surface area contributed by atoms with E-state index in [0.29, 0.717) is 12.2 Å². The van der Waals surface area contributed by atoms with E-state index >= 15 is 0 Å². The fourth-order valence-corrected chi connectivity index (χ4v) is 3.20. The fraction of sp³-hybridized carbons (Fsp3) is 0.350. The maximum Gasteiger partial charge on any atom is 0.338 e. The highest BCUT2D eigenvalue weighted by Gasteiger charge is 2.52. The topological polar surface area (TPSA) is 74.2 Å². The first-order chi connectivity index (χ1) is 12.7. The summed E-state index contributed by atoms with van der Waals surface area (Å²) in [5.41, 5.74) is 1.39. The molecule has 0 unspecified atom stereocenters. The minimum Gasteiger partial charge on any atom is -0.453 e. The Kier molecular flexibility index (Phi) is 4.99. The molecule has 0 spiro atoms. The Labute approximate surface area is 151 Å². The van der Waals surface area contributed by atoms with Crippen LogP contribution in [0.4, 0.5) is 0 Å². The number of carbonyl (C=O) groups is 1. The van der Waals surface area contributed by atoms with Crippen LogP contribution in [-0.2, 0) is 25.6 Å². The lowest BCUT2D eigenvalue weighted by Gasteiger charge is -2.37. The molecule has 2 bridgehead atoms. The van der Waals surface area contributed by atoms with Gasteiger partial charge in [-0.3, -0.25) is 0 Å². The maximum absolute atomic E-state index is 12.4. The maximum atomic E-state index is 12.4. The smallest absolute Gasteiger partial charge is 0.338 e. The Morgan fingerprint density at radius 1 is 1.04 bits per heavy atom. The second kappa shape index (κ2) is 7.55. The summed E-state index contributed by atoms with van der Waals surface area (Å²) in [6.07, 6.45) is -3.78. The van der Waals surface area contributed by atoms with Gasteiger partial charge in [0.15, 0.2) is 12.4 Å². The van der Waals surface area contributed by atoms with Gasteiger partial charge in [0.2, 0.25) is 0 Å². The summed E-state index contributed by atoms with van der Waals surface area (Å²) in [4.78, 5) is 12.4. The average Bonchev–Trinajstić information content (AvgIpc) is 3.13. The number of rotatable bonds is 5. The van der Waals surface area contributed by atoms with Gasteiger partial charge in [0, 0.05) is 0 Å². The minimum absolute atomic E-state index is 0.246. The van der Waals surface area contributed by atoms with Gasteiger partial charge >= 0.3 is 5.97 Å². The number of aliphatic hydroxyl groups excluding tert-OH is 1. The van der Waals surface area contributed by atoms with Crippen LogP contribution in [-0.4, -0.2) is 48.4 Å². The molecule has 0 saturated carbocycles. The van der Waals surface area contributed by atoms with E-state index in [4.69, 9.17) is 18.9 Å². The molecule has 2 saturated heterocycles. The van der Waals surface area contributed by atoms with Crippen molar-refractivity contribution in [2.24, 2.45) is 0 Å². The number of hydrogen-bond acceptors (Lipinski definition) is 6. The van der Waals surface area contributed by atoms with E-state index in [1.807, 2.05) is 36.4 Å². The van der Waals surface area contributed by atoms with Crippen molar-refractivity contribution in [3.63, 3.8) is 0 Å². The first-order valence-electron chi connectivity index (χ1n) is 8.59. The minimum atomic E-state index is -1.01. The van der Waals surface area contributed by atoms with Gasteiger partial charge in [-0.1, -0.05) is 48.5 Å². The molecule has 0 amide bonds. The van der Waals surface area contributed by atoms with E-state index in [0.717, 1.165) is 5.56 Å². The van der Waals surface area contributed by atoms with Gasteiger partial charge in [0.1, 0.15) is 18.3 Å². The SMILES string of the molecule is O=C(O[C@H]1[C@@H](O)[C@H]2CO[C@H](O2)[C@@H]1OCc1ccccc1)c1ccccc1. The number of carbonyl (C=O) groups excluding carboxylic acids is 1.